The first-order valence-corrected chi connectivity index (χ1v) is 17.0. The van der Waals surface area contributed by atoms with E-state index in [-0.39, 0.29) is 0 Å². The molecular weight excluding hydrogens is 607 g/mol. The zero-order chi connectivity index (χ0) is 33.3. The van der Waals surface area contributed by atoms with E-state index in [1.54, 1.807) is 0 Å². The van der Waals surface area contributed by atoms with Crippen molar-refractivity contribution in [1.82, 2.24) is 0 Å². The van der Waals surface area contributed by atoms with Crippen LogP contribution in [0.15, 0.2) is 205 Å². The van der Waals surface area contributed by atoms with Gasteiger partial charge in [-0.15, -0.1) is 0 Å². The van der Waals surface area contributed by atoms with Crippen LogP contribution in [0.25, 0.3) is 66.4 Å². The van der Waals surface area contributed by atoms with Gasteiger partial charge in [-0.05, 0) is 111 Å². The van der Waals surface area contributed by atoms with Crippen molar-refractivity contribution in [2.45, 2.75) is 0 Å². The highest BCUT2D eigenvalue weighted by Gasteiger charge is 2.15. The third-order valence-electron chi connectivity index (χ3n) is 9.46. The molecule has 0 aliphatic heterocycles. The Morgan fingerprint density at radius 1 is 0.260 bits per heavy atom. The second kappa shape index (κ2) is 12.8. The number of furan rings is 1. The molecule has 0 N–H and O–H groups in total. The number of hydrogen-bond donors (Lipinski definition) is 0. The smallest absolute Gasteiger partial charge is 0.135 e. The predicted octanol–water partition coefficient (Wildman–Crippen LogP) is 13.7. The molecule has 0 aliphatic carbocycles. The first-order chi connectivity index (χ1) is 24.8. The fraction of sp³-hybridized carbons (Fsp3) is 0. The Balaban J connectivity index is 1.05. The van der Waals surface area contributed by atoms with Gasteiger partial charge < -0.3 is 9.32 Å². The van der Waals surface area contributed by atoms with E-state index in [4.69, 9.17) is 4.42 Å². The van der Waals surface area contributed by atoms with Crippen molar-refractivity contribution in [3.8, 4) is 44.5 Å². The van der Waals surface area contributed by atoms with E-state index >= 15 is 0 Å². The molecule has 9 rings (SSSR count). The summed E-state index contributed by atoms with van der Waals surface area (Å²) in [7, 11) is 0. The molecule has 2 heteroatoms. The summed E-state index contributed by atoms with van der Waals surface area (Å²) < 4.78 is 6.25. The standard InChI is InChI=1S/C48H33NO/c1-4-12-34(13-5-1)39-18-11-21-44(31-39)49(42-19-8-3-9-20-42)43-26-22-36(23-27-43)37-16-10-17-38(30-37)41-25-29-48-46(33-41)45-32-40(24-28-47(45)50-48)35-14-6-2-7-15-35/h1-33H. The van der Waals surface area contributed by atoms with E-state index < -0.39 is 0 Å². The molecule has 0 saturated carbocycles. The van der Waals surface area contributed by atoms with Gasteiger partial charge in [-0.25, -0.2) is 0 Å². The topological polar surface area (TPSA) is 16.4 Å². The largest absolute Gasteiger partial charge is 0.456 e. The molecular formula is C48H33NO. The summed E-state index contributed by atoms with van der Waals surface area (Å²) in [4.78, 5) is 2.32. The van der Waals surface area contributed by atoms with Crippen molar-refractivity contribution in [2.24, 2.45) is 0 Å². The molecule has 1 aromatic heterocycles. The molecule has 9 aromatic rings. The van der Waals surface area contributed by atoms with Crippen LogP contribution in [0.4, 0.5) is 17.1 Å². The minimum absolute atomic E-state index is 0.901. The monoisotopic (exact) mass is 639 g/mol. The fourth-order valence-electron chi connectivity index (χ4n) is 6.93. The third-order valence-corrected chi connectivity index (χ3v) is 9.46. The minimum Gasteiger partial charge on any atom is -0.456 e. The van der Waals surface area contributed by atoms with Crippen molar-refractivity contribution in [3.05, 3.63) is 200 Å². The average Bonchev–Trinajstić information content (AvgIpc) is 3.57. The van der Waals surface area contributed by atoms with Crippen LogP contribution in [-0.2, 0) is 0 Å². The maximum Gasteiger partial charge on any atom is 0.135 e. The van der Waals surface area contributed by atoms with Gasteiger partial charge >= 0.3 is 0 Å². The molecule has 0 aliphatic rings. The molecule has 0 radical (unpaired) electrons. The van der Waals surface area contributed by atoms with Crippen LogP contribution in [0.2, 0.25) is 0 Å². The Hall–Kier alpha value is -6.64. The molecule has 0 saturated heterocycles. The summed E-state index contributed by atoms with van der Waals surface area (Å²) in [6.07, 6.45) is 0. The molecule has 0 bridgehead atoms. The van der Waals surface area contributed by atoms with Crippen molar-refractivity contribution in [1.29, 1.82) is 0 Å². The van der Waals surface area contributed by atoms with Gasteiger partial charge in [-0.1, -0.05) is 133 Å². The quantitative estimate of drug-likeness (QED) is 0.173. The van der Waals surface area contributed by atoms with Gasteiger partial charge in [0.1, 0.15) is 11.2 Å². The Morgan fingerprint density at radius 2 is 0.640 bits per heavy atom. The Labute approximate surface area is 292 Å². The van der Waals surface area contributed by atoms with Crippen molar-refractivity contribution >= 4 is 39.0 Å². The maximum atomic E-state index is 6.25. The molecule has 8 aromatic carbocycles. The normalized spacial score (nSPS) is 11.2. The summed E-state index contributed by atoms with van der Waals surface area (Å²) in [5.41, 5.74) is 14.6. The first kappa shape index (κ1) is 29.5. The summed E-state index contributed by atoms with van der Waals surface area (Å²) >= 11 is 0. The lowest BCUT2D eigenvalue weighted by Gasteiger charge is -2.26. The van der Waals surface area contributed by atoms with Crippen molar-refractivity contribution < 1.29 is 4.42 Å². The first-order valence-electron chi connectivity index (χ1n) is 17.0. The molecule has 0 unspecified atom stereocenters. The highest BCUT2D eigenvalue weighted by Crippen LogP contribution is 2.39. The number of para-hydroxylation sites is 1. The second-order valence-corrected chi connectivity index (χ2v) is 12.6. The van der Waals surface area contributed by atoms with E-state index in [0.717, 1.165) is 44.6 Å². The summed E-state index contributed by atoms with van der Waals surface area (Å²) in [5.74, 6) is 0. The van der Waals surface area contributed by atoms with Gasteiger partial charge in [0.25, 0.3) is 0 Å². The van der Waals surface area contributed by atoms with Crippen LogP contribution in [0.5, 0.6) is 0 Å². The van der Waals surface area contributed by atoms with Crippen LogP contribution in [0, 0.1) is 0 Å². The fourth-order valence-corrected chi connectivity index (χ4v) is 6.93. The zero-order valence-electron chi connectivity index (χ0n) is 27.4. The zero-order valence-corrected chi connectivity index (χ0v) is 27.4. The molecule has 50 heavy (non-hydrogen) atoms. The van der Waals surface area contributed by atoms with Gasteiger partial charge in [0.2, 0.25) is 0 Å². The van der Waals surface area contributed by atoms with Gasteiger partial charge in [-0.3, -0.25) is 0 Å². The SMILES string of the molecule is c1ccc(-c2cccc(N(c3ccccc3)c3ccc(-c4cccc(-c5ccc6oc7ccc(-c8ccccc8)cc7c6c5)c4)cc3)c2)cc1. The number of rotatable bonds is 7. The Bertz CT molecular complexity index is 2570. The number of hydrogen-bond acceptors (Lipinski definition) is 2. The van der Waals surface area contributed by atoms with Crippen LogP contribution >= 0.6 is 0 Å². The lowest BCUT2D eigenvalue weighted by molar-refractivity contribution is 0.669. The highest BCUT2D eigenvalue weighted by molar-refractivity contribution is 6.07. The van der Waals surface area contributed by atoms with Gasteiger partial charge in [-0.2, -0.15) is 0 Å². The molecule has 1 heterocycles. The van der Waals surface area contributed by atoms with E-state index in [0.29, 0.717) is 0 Å². The van der Waals surface area contributed by atoms with E-state index in [1.165, 1.54) is 38.9 Å². The van der Waals surface area contributed by atoms with Crippen molar-refractivity contribution in [3.63, 3.8) is 0 Å². The number of fused-ring (bicyclic) bond motifs is 3. The lowest BCUT2D eigenvalue weighted by atomic mass is 9.97. The molecule has 0 fully saturated rings. The minimum atomic E-state index is 0.901. The summed E-state index contributed by atoms with van der Waals surface area (Å²) in [6.45, 7) is 0. The summed E-state index contributed by atoms with van der Waals surface area (Å²) in [6, 6.07) is 71.1. The highest BCUT2D eigenvalue weighted by atomic mass is 16.3. The lowest BCUT2D eigenvalue weighted by Crippen LogP contribution is -2.09. The maximum absolute atomic E-state index is 6.25. The van der Waals surface area contributed by atoms with Crippen LogP contribution in [0.3, 0.4) is 0 Å². The molecule has 0 amide bonds. The van der Waals surface area contributed by atoms with Gasteiger partial charge in [0.15, 0.2) is 0 Å². The average molecular weight is 640 g/mol. The van der Waals surface area contributed by atoms with Crippen molar-refractivity contribution in [2.75, 3.05) is 4.90 Å². The van der Waals surface area contributed by atoms with E-state index in [9.17, 15) is 0 Å². The molecule has 236 valence electrons. The molecule has 2 nitrogen and oxygen atoms in total. The van der Waals surface area contributed by atoms with Crippen LogP contribution in [0.1, 0.15) is 0 Å². The number of benzene rings is 8. The molecule has 0 atom stereocenters. The van der Waals surface area contributed by atoms with Crippen LogP contribution < -0.4 is 4.90 Å². The second-order valence-electron chi connectivity index (χ2n) is 12.6. The van der Waals surface area contributed by atoms with Crippen LogP contribution in [-0.4, -0.2) is 0 Å². The predicted molar refractivity (Wildman–Crippen MR) is 210 cm³/mol. The number of anilines is 3. The number of nitrogens with zero attached hydrogens (tertiary/aromatic N) is 1. The van der Waals surface area contributed by atoms with E-state index in [1.807, 2.05) is 0 Å². The third kappa shape index (κ3) is 5.63. The van der Waals surface area contributed by atoms with Gasteiger partial charge in [0.05, 0.1) is 0 Å². The Morgan fingerprint density at radius 3 is 1.24 bits per heavy atom. The van der Waals surface area contributed by atoms with Gasteiger partial charge in [0, 0.05) is 27.8 Å². The Kier molecular flexibility index (Phi) is 7.53. The summed E-state index contributed by atoms with van der Waals surface area (Å²) in [5, 5.41) is 2.26. The molecule has 0 spiro atoms. The van der Waals surface area contributed by atoms with E-state index in [2.05, 4.69) is 205 Å².